The van der Waals surface area contributed by atoms with Gasteiger partial charge in [0.25, 0.3) is 0 Å². The summed E-state index contributed by atoms with van der Waals surface area (Å²) in [6.07, 6.45) is 0.985. The summed E-state index contributed by atoms with van der Waals surface area (Å²) in [4.78, 5) is 0. The van der Waals surface area contributed by atoms with Gasteiger partial charge in [-0.25, -0.2) is 27.7 Å². The fourth-order valence-electron chi connectivity index (χ4n) is 4.56. The monoisotopic (exact) mass is 641 g/mol. The Bertz CT molecular complexity index is 936. The molecule has 0 N–H and O–H groups in total. The molecule has 0 fully saturated rings. The van der Waals surface area contributed by atoms with Gasteiger partial charge in [0.2, 0.25) is 0 Å². The van der Waals surface area contributed by atoms with Gasteiger partial charge in [0.1, 0.15) is 0 Å². The van der Waals surface area contributed by atoms with Gasteiger partial charge in [-0.3, -0.25) is 27.1 Å². The number of nitrogens with zero attached hydrogens (tertiary/aromatic N) is 3. The second-order valence-electron chi connectivity index (χ2n) is 9.17. The van der Waals surface area contributed by atoms with Gasteiger partial charge >= 0.3 is 23.2 Å². The van der Waals surface area contributed by atoms with Gasteiger partial charge in [-0.2, -0.15) is 0 Å². The minimum absolute atomic E-state index is 0.216. The van der Waals surface area contributed by atoms with Crippen molar-refractivity contribution in [2.45, 2.75) is 67.5 Å². The molecular weight excluding hydrogens is 591 g/mol. The Kier molecular flexibility index (Phi) is 16.5. The molecule has 0 aliphatic carbocycles. The van der Waals surface area contributed by atoms with Gasteiger partial charge in [0.05, 0.1) is 39.6 Å². The molecule has 1 aromatic rings. The predicted octanol–water partition coefficient (Wildman–Crippen LogP) is 6.93. The smallest absolute Gasteiger partial charge is 0.297 e. The molecule has 2 aliphatic heterocycles. The third kappa shape index (κ3) is 10.9. The lowest BCUT2D eigenvalue weighted by atomic mass is 10.1. The summed E-state index contributed by atoms with van der Waals surface area (Å²) in [5.41, 5.74) is 1.83. The van der Waals surface area contributed by atoms with Crippen LogP contribution in [0.2, 0.25) is 0 Å². The van der Waals surface area contributed by atoms with Crippen molar-refractivity contribution < 1.29 is 40.8 Å². The Labute approximate surface area is 246 Å². The van der Waals surface area contributed by atoms with Crippen LogP contribution >= 0.6 is 23.2 Å². The molecule has 238 valence electrons. The van der Waals surface area contributed by atoms with E-state index in [0.29, 0.717) is 52.1 Å². The van der Waals surface area contributed by atoms with E-state index in [0.717, 1.165) is 11.1 Å². The molecule has 2 heterocycles. The van der Waals surface area contributed by atoms with Crippen LogP contribution in [0.4, 0.5) is 0 Å². The molecule has 0 saturated heterocycles. The molecule has 0 atom stereocenters. The molecule has 41 heavy (non-hydrogen) atoms. The van der Waals surface area contributed by atoms with Crippen LogP contribution in [-0.4, -0.2) is 79.8 Å². The van der Waals surface area contributed by atoms with Crippen molar-refractivity contribution in [3.8, 4) is 0 Å². The van der Waals surface area contributed by atoms with Crippen molar-refractivity contribution in [2.24, 2.45) is 0 Å². The van der Waals surface area contributed by atoms with E-state index in [-0.39, 0.29) is 39.6 Å². The number of hydrogen-bond acceptors (Lipinski definition) is 9. The Balaban J connectivity index is 2.52. The standard InChI is InChI=1S/C26H50N3O9P3/c1-7-33-39(30,34-8-2)27-19-13-21-28(40(31,35-9-3)36-10-4)23-25-15-17-26(18-16-25)24-29(22-14-20-27)41(32,37-11-5)38-12-6/h15-18H,7-14,19-24H2,1-6H3. The average molecular weight is 642 g/mol. The maximum atomic E-state index is 13.9. The van der Waals surface area contributed by atoms with Gasteiger partial charge < -0.3 is 0 Å². The maximum absolute atomic E-state index is 13.9. The lowest BCUT2D eigenvalue weighted by Crippen LogP contribution is -2.31. The van der Waals surface area contributed by atoms with Crippen molar-refractivity contribution in [1.29, 1.82) is 0 Å². The summed E-state index contributed by atoms with van der Waals surface area (Å²) < 4.78 is 80.8. The quantitative estimate of drug-likeness (QED) is 0.185. The highest BCUT2D eigenvalue weighted by atomic mass is 31.2. The van der Waals surface area contributed by atoms with Crippen LogP contribution in [0.15, 0.2) is 24.3 Å². The van der Waals surface area contributed by atoms with Crippen molar-refractivity contribution in [3.05, 3.63) is 35.4 Å². The molecule has 15 heteroatoms. The van der Waals surface area contributed by atoms with Crippen LogP contribution in [-0.2, 0) is 53.9 Å². The van der Waals surface area contributed by atoms with Gasteiger partial charge in [-0.15, -0.1) is 0 Å². The Morgan fingerprint density at radius 3 is 1.00 bits per heavy atom. The zero-order valence-corrected chi connectivity index (χ0v) is 28.2. The summed E-state index contributed by atoms with van der Waals surface area (Å²) in [6, 6.07) is 7.83. The molecule has 0 radical (unpaired) electrons. The second kappa shape index (κ2) is 18.4. The first-order valence-corrected chi connectivity index (χ1v) is 19.1. The van der Waals surface area contributed by atoms with E-state index >= 15 is 0 Å². The molecule has 0 spiro atoms. The average Bonchev–Trinajstić information content (AvgIpc) is 2.93. The highest BCUT2D eigenvalue weighted by Gasteiger charge is 2.37. The molecule has 3 rings (SSSR count). The maximum Gasteiger partial charge on any atom is 0.408 e. The Hall–Kier alpha value is -0.450. The number of rotatable bonds is 15. The van der Waals surface area contributed by atoms with Crippen LogP contribution in [0.5, 0.6) is 0 Å². The van der Waals surface area contributed by atoms with E-state index < -0.39 is 23.2 Å². The molecular formula is C26H50N3O9P3. The van der Waals surface area contributed by atoms with Crippen molar-refractivity contribution in [3.63, 3.8) is 0 Å². The van der Waals surface area contributed by atoms with Crippen molar-refractivity contribution in [2.75, 3.05) is 65.8 Å². The highest BCUT2D eigenvalue weighted by molar-refractivity contribution is 7.51. The number of fused-ring (bicyclic) bond motifs is 12. The predicted molar refractivity (Wildman–Crippen MR) is 161 cm³/mol. The molecule has 0 unspecified atom stereocenters. The van der Waals surface area contributed by atoms with E-state index in [1.807, 2.05) is 24.3 Å². The first-order chi connectivity index (χ1) is 19.6. The fourth-order valence-corrected chi connectivity index (χ4v) is 9.94. The molecule has 2 bridgehead atoms. The van der Waals surface area contributed by atoms with Crippen molar-refractivity contribution in [1.82, 2.24) is 14.0 Å². The third-order valence-electron chi connectivity index (χ3n) is 6.21. The summed E-state index contributed by atoms with van der Waals surface area (Å²) in [5.74, 6) is 0. The number of benzene rings is 1. The van der Waals surface area contributed by atoms with Crippen LogP contribution < -0.4 is 0 Å². The Morgan fingerprint density at radius 2 is 0.732 bits per heavy atom. The minimum Gasteiger partial charge on any atom is -0.297 e. The van der Waals surface area contributed by atoms with E-state index in [9.17, 15) is 13.7 Å². The SMILES string of the molecule is CCOP(=O)(OCC)N1CCCN(P(=O)(OCC)OCC)Cc2ccc(cc2)CN(P(=O)(OCC)OCC)CCC1. The largest absolute Gasteiger partial charge is 0.408 e. The van der Waals surface area contributed by atoms with E-state index in [2.05, 4.69) is 0 Å². The highest BCUT2D eigenvalue weighted by Crippen LogP contribution is 2.55. The normalized spacial score (nSPS) is 17.9. The van der Waals surface area contributed by atoms with Crippen LogP contribution in [0, 0.1) is 0 Å². The van der Waals surface area contributed by atoms with Crippen LogP contribution in [0.25, 0.3) is 0 Å². The fraction of sp³-hybridized carbons (Fsp3) is 0.769. The molecule has 1 aromatic carbocycles. The summed E-state index contributed by atoms with van der Waals surface area (Å²) in [7, 11) is -10.8. The van der Waals surface area contributed by atoms with E-state index in [1.165, 1.54) is 0 Å². The third-order valence-corrected chi connectivity index (χ3v) is 12.9. The summed E-state index contributed by atoms with van der Waals surface area (Å²) in [5, 5.41) is 0. The Morgan fingerprint density at radius 1 is 0.488 bits per heavy atom. The molecule has 0 aromatic heterocycles. The second-order valence-corrected chi connectivity index (χ2v) is 15.2. The first kappa shape index (κ1) is 36.7. The van der Waals surface area contributed by atoms with E-state index in [4.69, 9.17) is 27.1 Å². The molecule has 0 saturated carbocycles. The minimum atomic E-state index is -3.61. The lowest BCUT2D eigenvalue weighted by molar-refractivity contribution is 0.150. The molecule has 2 aliphatic rings. The molecule has 0 amide bonds. The topological polar surface area (TPSA) is 116 Å². The summed E-state index contributed by atoms with van der Waals surface area (Å²) in [6.45, 7) is 14.1. The summed E-state index contributed by atoms with van der Waals surface area (Å²) >= 11 is 0. The van der Waals surface area contributed by atoms with Crippen molar-refractivity contribution >= 4 is 23.2 Å². The molecule has 12 nitrogen and oxygen atoms in total. The first-order valence-electron chi connectivity index (χ1n) is 14.6. The van der Waals surface area contributed by atoms with Gasteiger partial charge in [-0.05, 0) is 65.5 Å². The number of hydrogen-bond donors (Lipinski definition) is 0. The van der Waals surface area contributed by atoms with Crippen LogP contribution in [0.1, 0.15) is 65.5 Å². The zero-order chi connectivity index (χ0) is 30.4. The van der Waals surface area contributed by atoms with Crippen LogP contribution in [0.3, 0.4) is 0 Å². The van der Waals surface area contributed by atoms with Gasteiger partial charge in [0.15, 0.2) is 0 Å². The van der Waals surface area contributed by atoms with E-state index in [1.54, 1.807) is 55.6 Å². The van der Waals surface area contributed by atoms with Gasteiger partial charge in [0, 0.05) is 39.3 Å². The zero-order valence-electron chi connectivity index (χ0n) is 25.6. The van der Waals surface area contributed by atoms with Gasteiger partial charge in [-0.1, -0.05) is 24.3 Å². The lowest BCUT2D eigenvalue weighted by Gasteiger charge is -2.33.